The fourth-order valence-electron chi connectivity index (χ4n) is 3.56. The van der Waals surface area contributed by atoms with Gasteiger partial charge in [0, 0.05) is 11.2 Å². The Labute approximate surface area is 214 Å². The molecular weight excluding hydrogens is 478 g/mol. The van der Waals surface area contributed by atoms with Crippen molar-refractivity contribution < 1.29 is 19.5 Å². The number of aryl methyl sites for hydroxylation is 2. The molecule has 0 spiro atoms. The maximum Gasteiger partial charge on any atom is 0.273 e. The lowest BCUT2D eigenvalue weighted by atomic mass is 9.97. The number of carbonyl (C=O) groups is 3. The lowest BCUT2D eigenvalue weighted by Gasteiger charge is -2.34. The van der Waals surface area contributed by atoms with E-state index in [9.17, 15) is 19.5 Å². The van der Waals surface area contributed by atoms with Crippen LogP contribution in [0.5, 0.6) is 5.75 Å². The number of anilines is 2. The van der Waals surface area contributed by atoms with Crippen molar-refractivity contribution in [3.63, 3.8) is 0 Å². The summed E-state index contributed by atoms with van der Waals surface area (Å²) in [4.78, 5) is 40.9. The number of primary amides is 1. The van der Waals surface area contributed by atoms with Crippen molar-refractivity contribution in [2.75, 3.05) is 10.6 Å². The highest BCUT2D eigenvalue weighted by Gasteiger charge is 2.37. The number of phenols is 1. The summed E-state index contributed by atoms with van der Waals surface area (Å²) >= 11 is 0.749. The Balaban J connectivity index is 2.26. The first-order chi connectivity index (χ1) is 16.9. The molecule has 0 aliphatic carbocycles. The summed E-state index contributed by atoms with van der Waals surface area (Å²) in [5.74, 6) is -1.85. The Morgan fingerprint density at radius 2 is 1.75 bits per heavy atom. The van der Waals surface area contributed by atoms with Crippen molar-refractivity contribution >= 4 is 40.6 Å². The molecule has 0 aliphatic heterocycles. The molecular formula is C26H31N5O4S. The van der Waals surface area contributed by atoms with Gasteiger partial charge >= 0.3 is 0 Å². The number of amides is 3. The number of aromatic nitrogens is 1. The summed E-state index contributed by atoms with van der Waals surface area (Å²) in [5, 5.41) is 12.9. The summed E-state index contributed by atoms with van der Waals surface area (Å²) in [6, 6.07) is 10.4. The van der Waals surface area contributed by atoms with E-state index < -0.39 is 29.3 Å². The van der Waals surface area contributed by atoms with Gasteiger partial charge in [-0.05, 0) is 86.6 Å². The maximum absolute atomic E-state index is 14.1. The number of hydrogen-bond donors (Lipinski definition) is 4. The van der Waals surface area contributed by atoms with E-state index in [0.29, 0.717) is 17.7 Å². The second kappa shape index (κ2) is 10.4. The zero-order chi connectivity index (χ0) is 26.8. The molecule has 0 saturated carbocycles. The minimum Gasteiger partial charge on any atom is -0.508 e. The van der Waals surface area contributed by atoms with Crippen LogP contribution in [0.2, 0.25) is 0 Å². The molecule has 1 aromatic heterocycles. The average molecular weight is 510 g/mol. The first-order valence-electron chi connectivity index (χ1n) is 11.4. The van der Waals surface area contributed by atoms with Crippen LogP contribution in [0, 0.1) is 13.8 Å². The van der Waals surface area contributed by atoms with Crippen LogP contribution in [0.4, 0.5) is 11.4 Å². The van der Waals surface area contributed by atoms with Gasteiger partial charge < -0.3 is 21.9 Å². The Morgan fingerprint density at radius 3 is 2.28 bits per heavy atom. The molecule has 0 aliphatic rings. The molecule has 1 heterocycles. The van der Waals surface area contributed by atoms with Gasteiger partial charge in [0.05, 0.1) is 5.69 Å². The van der Waals surface area contributed by atoms with E-state index >= 15 is 0 Å². The standard InChI is InChI=1S/C26H31N5O4S/c1-6-26(4,5)29-24(34)21(16-8-11-18(32)12-9-16)31(17-10-7-14(2)15(3)13-17)25(35)22-19(27)20(23(28)33)30-36-22/h7-13,21,32H,6,27H2,1-5H3,(H2,28,33)(H,29,34)/t21-/m1/s1. The second-order valence-electron chi connectivity index (χ2n) is 9.30. The zero-order valence-corrected chi connectivity index (χ0v) is 21.8. The normalized spacial score (nSPS) is 12.1. The van der Waals surface area contributed by atoms with E-state index in [4.69, 9.17) is 11.5 Å². The molecule has 0 fully saturated rings. The molecule has 0 radical (unpaired) electrons. The van der Waals surface area contributed by atoms with Gasteiger partial charge in [-0.3, -0.25) is 19.3 Å². The Bertz CT molecular complexity index is 1300. The zero-order valence-electron chi connectivity index (χ0n) is 21.0. The fourth-order valence-corrected chi connectivity index (χ4v) is 4.30. The van der Waals surface area contributed by atoms with Crippen molar-refractivity contribution in [3.8, 4) is 5.75 Å². The Hall–Kier alpha value is -3.92. The van der Waals surface area contributed by atoms with E-state index in [1.807, 2.05) is 46.8 Å². The first-order valence-corrected chi connectivity index (χ1v) is 12.2. The number of aromatic hydroxyl groups is 1. The van der Waals surface area contributed by atoms with E-state index in [0.717, 1.165) is 22.7 Å². The maximum atomic E-state index is 14.1. The Kier molecular flexibility index (Phi) is 7.68. The molecule has 0 bridgehead atoms. The monoisotopic (exact) mass is 509 g/mol. The van der Waals surface area contributed by atoms with E-state index in [2.05, 4.69) is 9.69 Å². The number of hydrogen-bond acceptors (Lipinski definition) is 7. The van der Waals surface area contributed by atoms with Gasteiger partial charge in [-0.25, -0.2) is 0 Å². The predicted molar refractivity (Wildman–Crippen MR) is 141 cm³/mol. The number of benzene rings is 2. The van der Waals surface area contributed by atoms with E-state index in [-0.39, 0.29) is 22.0 Å². The van der Waals surface area contributed by atoms with Crippen LogP contribution in [0.3, 0.4) is 0 Å². The third-order valence-corrected chi connectivity index (χ3v) is 7.05. The molecule has 3 aromatic rings. The van der Waals surface area contributed by atoms with Crippen molar-refractivity contribution in [2.45, 2.75) is 52.6 Å². The summed E-state index contributed by atoms with van der Waals surface area (Å²) in [7, 11) is 0. The molecule has 9 nitrogen and oxygen atoms in total. The highest BCUT2D eigenvalue weighted by Crippen LogP contribution is 2.35. The number of nitrogens with two attached hydrogens (primary N) is 2. The second-order valence-corrected chi connectivity index (χ2v) is 10.1. The van der Waals surface area contributed by atoms with Crippen LogP contribution in [-0.4, -0.2) is 32.7 Å². The van der Waals surface area contributed by atoms with Gasteiger partial charge in [0.25, 0.3) is 11.8 Å². The smallest absolute Gasteiger partial charge is 0.273 e. The molecule has 6 N–H and O–H groups in total. The third kappa shape index (κ3) is 5.49. The van der Waals surface area contributed by atoms with Crippen molar-refractivity contribution in [1.82, 2.24) is 9.69 Å². The van der Waals surface area contributed by atoms with Crippen molar-refractivity contribution in [3.05, 3.63) is 69.7 Å². The van der Waals surface area contributed by atoms with Crippen molar-refractivity contribution in [2.24, 2.45) is 5.73 Å². The molecule has 36 heavy (non-hydrogen) atoms. The SMILES string of the molecule is CCC(C)(C)NC(=O)[C@@H](c1ccc(O)cc1)N(C(=O)c1snc(C(N)=O)c1N)c1ccc(C)c(C)c1. The van der Waals surface area contributed by atoms with Crippen LogP contribution < -0.4 is 21.7 Å². The largest absolute Gasteiger partial charge is 0.508 e. The number of carbonyl (C=O) groups excluding carboxylic acids is 3. The summed E-state index contributed by atoms with van der Waals surface area (Å²) in [6.45, 7) is 9.58. The molecule has 0 unspecified atom stereocenters. The van der Waals surface area contributed by atoms with Gasteiger partial charge in [0.1, 0.15) is 16.7 Å². The molecule has 10 heteroatoms. The molecule has 190 valence electrons. The highest BCUT2D eigenvalue weighted by atomic mass is 32.1. The van der Waals surface area contributed by atoms with E-state index in [1.54, 1.807) is 18.2 Å². The summed E-state index contributed by atoms with van der Waals surface area (Å²) < 4.78 is 3.97. The minimum absolute atomic E-state index is 0.00615. The van der Waals surface area contributed by atoms with Crippen LogP contribution in [-0.2, 0) is 4.79 Å². The van der Waals surface area contributed by atoms with Crippen LogP contribution in [0.1, 0.15) is 70.1 Å². The average Bonchev–Trinajstić information content (AvgIpc) is 3.21. The molecule has 3 rings (SSSR count). The Morgan fingerprint density at radius 1 is 1.11 bits per heavy atom. The van der Waals surface area contributed by atoms with Crippen LogP contribution in [0.15, 0.2) is 42.5 Å². The van der Waals surface area contributed by atoms with Gasteiger partial charge in [0.15, 0.2) is 5.69 Å². The number of phenolic OH excluding ortho intramolecular Hbond substituents is 1. The van der Waals surface area contributed by atoms with Gasteiger partial charge in [-0.15, -0.1) is 0 Å². The van der Waals surface area contributed by atoms with Crippen LogP contribution >= 0.6 is 11.5 Å². The number of nitrogens with one attached hydrogen (secondary N) is 1. The van der Waals surface area contributed by atoms with Gasteiger partial charge in [-0.2, -0.15) is 4.37 Å². The number of nitrogen functional groups attached to an aromatic ring is 1. The molecule has 2 aromatic carbocycles. The van der Waals surface area contributed by atoms with E-state index in [1.165, 1.54) is 17.0 Å². The summed E-state index contributed by atoms with van der Waals surface area (Å²) in [6.07, 6.45) is 0.655. The summed E-state index contributed by atoms with van der Waals surface area (Å²) in [5.41, 5.74) is 13.4. The number of rotatable bonds is 8. The molecule has 3 amide bonds. The molecule has 1 atom stereocenters. The van der Waals surface area contributed by atoms with Gasteiger partial charge in [-0.1, -0.05) is 25.1 Å². The van der Waals surface area contributed by atoms with Gasteiger partial charge in [0.2, 0.25) is 5.91 Å². The lowest BCUT2D eigenvalue weighted by Crippen LogP contribution is -2.50. The van der Waals surface area contributed by atoms with Crippen LogP contribution in [0.25, 0.3) is 0 Å². The predicted octanol–water partition coefficient (Wildman–Crippen LogP) is 3.84. The minimum atomic E-state index is -1.12. The third-order valence-electron chi connectivity index (χ3n) is 6.20. The quantitative estimate of drug-likeness (QED) is 0.362. The lowest BCUT2D eigenvalue weighted by molar-refractivity contribution is -0.124. The first kappa shape index (κ1) is 26.7. The highest BCUT2D eigenvalue weighted by molar-refractivity contribution is 7.09. The topological polar surface area (TPSA) is 152 Å². The fraction of sp³-hybridized carbons (Fsp3) is 0.308. The molecule has 0 saturated heterocycles. The van der Waals surface area contributed by atoms with Crippen molar-refractivity contribution in [1.29, 1.82) is 0 Å². The number of nitrogens with zero attached hydrogens (tertiary/aromatic N) is 2.